The molecule has 2 heteroatoms. The summed E-state index contributed by atoms with van der Waals surface area (Å²) in [6, 6.07) is 0. The molecule has 0 atom stereocenters. The maximum absolute atomic E-state index is 11.1. The van der Waals surface area contributed by atoms with E-state index in [9.17, 15) is 4.79 Å². The van der Waals surface area contributed by atoms with Crippen LogP contribution < -0.4 is 0 Å². The quantitative estimate of drug-likeness (QED) is 0.474. The molecule has 0 aromatic carbocycles. The minimum Gasteiger partial charge on any atom is -0.458 e. The molecule has 0 amide bonds. The molecule has 1 aliphatic heterocycles. The van der Waals surface area contributed by atoms with Gasteiger partial charge in [0.05, 0.1) is 0 Å². The van der Waals surface area contributed by atoms with Gasteiger partial charge in [-0.15, -0.1) is 0 Å². The minimum atomic E-state index is -0.145. The summed E-state index contributed by atoms with van der Waals surface area (Å²) >= 11 is 0. The first-order valence-electron chi connectivity index (χ1n) is 4.26. The molecule has 0 N–H and O–H groups in total. The lowest BCUT2D eigenvalue weighted by Gasteiger charge is -1.93. The number of ether oxygens (including phenoxy) is 1. The number of hydrogen-bond donors (Lipinski definition) is 0. The highest BCUT2D eigenvalue weighted by Gasteiger charge is 2.19. The molecular weight excluding hydrogens is 152 g/mol. The number of esters is 1. The Morgan fingerprint density at radius 1 is 1.50 bits per heavy atom. The number of carbonyl (C=O) groups is 1. The van der Waals surface area contributed by atoms with E-state index in [0.29, 0.717) is 6.61 Å². The first-order chi connectivity index (χ1) is 5.75. The molecule has 0 aliphatic carbocycles. The Hall–Kier alpha value is -1.05. The fourth-order valence-corrected chi connectivity index (χ4v) is 1.15. The lowest BCUT2D eigenvalue weighted by molar-refractivity contribution is -0.136. The van der Waals surface area contributed by atoms with E-state index in [0.717, 1.165) is 24.0 Å². The molecule has 0 saturated heterocycles. The van der Waals surface area contributed by atoms with Gasteiger partial charge >= 0.3 is 5.97 Å². The molecule has 0 saturated carbocycles. The van der Waals surface area contributed by atoms with Crippen LogP contribution in [0.25, 0.3) is 0 Å². The summed E-state index contributed by atoms with van der Waals surface area (Å²) in [5.74, 6) is -0.145. The average molecular weight is 166 g/mol. The molecule has 0 radical (unpaired) electrons. The van der Waals surface area contributed by atoms with E-state index in [4.69, 9.17) is 4.74 Å². The van der Waals surface area contributed by atoms with Crippen molar-refractivity contribution in [2.75, 3.05) is 6.61 Å². The monoisotopic (exact) mass is 166 g/mol. The molecule has 0 unspecified atom stereocenters. The van der Waals surface area contributed by atoms with E-state index in [1.54, 1.807) is 0 Å². The van der Waals surface area contributed by atoms with Crippen molar-refractivity contribution in [3.05, 3.63) is 23.3 Å². The highest BCUT2D eigenvalue weighted by atomic mass is 16.5. The smallest absolute Gasteiger partial charge is 0.334 e. The number of hydrogen-bond acceptors (Lipinski definition) is 2. The second kappa shape index (κ2) is 4.10. The SMILES string of the molecule is CC/C=C\CC1=C(C)COC1=O. The Bertz CT molecular complexity index is 236. The number of carbonyl (C=O) groups excluding carboxylic acids is 1. The Labute approximate surface area is 72.9 Å². The van der Waals surface area contributed by atoms with Gasteiger partial charge < -0.3 is 4.74 Å². The van der Waals surface area contributed by atoms with Crippen LogP contribution >= 0.6 is 0 Å². The second-order valence-corrected chi connectivity index (χ2v) is 2.92. The molecule has 1 heterocycles. The molecule has 0 bridgehead atoms. The first-order valence-corrected chi connectivity index (χ1v) is 4.26. The van der Waals surface area contributed by atoms with Crippen molar-refractivity contribution >= 4 is 5.97 Å². The number of allylic oxidation sites excluding steroid dienone is 2. The van der Waals surface area contributed by atoms with Crippen LogP contribution in [0.15, 0.2) is 23.3 Å². The normalized spacial score (nSPS) is 17.7. The predicted molar refractivity (Wildman–Crippen MR) is 47.7 cm³/mol. The molecule has 66 valence electrons. The third-order valence-electron chi connectivity index (χ3n) is 1.91. The van der Waals surface area contributed by atoms with Crippen LogP contribution in [0.5, 0.6) is 0 Å². The van der Waals surface area contributed by atoms with Gasteiger partial charge in [-0.25, -0.2) is 4.79 Å². The fraction of sp³-hybridized carbons (Fsp3) is 0.500. The summed E-state index contributed by atoms with van der Waals surface area (Å²) in [5.41, 5.74) is 1.90. The summed E-state index contributed by atoms with van der Waals surface area (Å²) in [6.07, 6.45) is 5.82. The van der Waals surface area contributed by atoms with Crippen molar-refractivity contribution in [2.24, 2.45) is 0 Å². The van der Waals surface area contributed by atoms with Gasteiger partial charge in [-0.3, -0.25) is 0 Å². The second-order valence-electron chi connectivity index (χ2n) is 2.92. The number of cyclic esters (lactones) is 1. The molecule has 2 nitrogen and oxygen atoms in total. The summed E-state index contributed by atoms with van der Waals surface area (Å²) in [6.45, 7) is 4.50. The van der Waals surface area contributed by atoms with E-state index in [-0.39, 0.29) is 5.97 Å². The molecule has 0 fully saturated rings. The highest BCUT2D eigenvalue weighted by molar-refractivity contribution is 5.91. The van der Waals surface area contributed by atoms with Crippen LogP contribution in [0.1, 0.15) is 26.7 Å². The zero-order valence-corrected chi connectivity index (χ0v) is 7.59. The molecule has 12 heavy (non-hydrogen) atoms. The van der Waals surface area contributed by atoms with E-state index >= 15 is 0 Å². The third-order valence-corrected chi connectivity index (χ3v) is 1.91. The molecule has 0 spiro atoms. The van der Waals surface area contributed by atoms with Crippen LogP contribution in [0.4, 0.5) is 0 Å². The Balaban J connectivity index is 2.55. The topological polar surface area (TPSA) is 26.3 Å². The molecule has 0 aromatic heterocycles. The summed E-state index contributed by atoms with van der Waals surface area (Å²) < 4.78 is 4.86. The third kappa shape index (κ3) is 1.97. The van der Waals surface area contributed by atoms with Gasteiger partial charge in [0.2, 0.25) is 0 Å². The predicted octanol–water partition coefficient (Wildman–Crippen LogP) is 2.22. The standard InChI is InChI=1S/C10H14O2/c1-3-4-5-6-9-8(2)7-12-10(9)11/h4-5H,3,6-7H2,1-2H3/b5-4-. The van der Waals surface area contributed by atoms with Gasteiger partial charge in [-0.05, 0) is 25.3 Å². The van der Waals surface area contributed by atoms with Gasteiger partial charge in [-0.1, -0.05) is 19.1 Å². The van der Waals surface area contributed by atoms with Crippen LogP contribution in [0.3, 0.4) is 0 Å². The zero-order valence-electron chi connectivity index (χ0n) is 7.59. The van der Waals surface area contributed by atoms with Crippen molar-refractivity contribution in [2.45, 2.75) is 26.7 Å². The lowest BCUT2D eigenvalue weighted by atomic mass is 10.1. The van der Waals surface area contributed by atoms with Crippen molar-refractivity contribution in [1.82, 2.24) is 0 Å². The minimum absolute atomic E-state index is 0.145. The molecule has 1 aliphatic rings. The Kier molecular flexibility index (Phi) is 3.09. The Morgan fingerprint density at radius 3 is 2.75 bits per heavy atom. The van der Waals surface area contributed by atoms with Crippen LogP contribution in [0, 0.1) is 0 Å². The van der Waals surface area contributed by atoms with E-state index in [2.05, 4.69) is 13.0 Å². The lowest BCUT2D eigenvalue weighted by Crippen LogP contribution is -1.97. The maximum Gasteiger partial charge on any atom is 0.334 e. The van der Waals surface area contributed by atoms with Crippen molar-refractivity contribution < 1.29 is 9.53 Å². The van der Waals surface area contributed by atoms with Gasteiger partial charge in [0.15, 0.2) is 0 Å². The highest BCUT2D eigenvalue weighted by Crippen LogP contribution is 2.18. The van der Waals surface area contributed by atoms with Gasteiger partial charge in [-0.2, -0.15) is 0 Å². The van der Waals surface area contributed by atoms with E-state index in [1.807, 2.05) is 13.0 Å². The molecule has 1 rings (SSSR count). The average Bonchev–Trinajstić information content (AvgIpc) is 2.35. The largest absolute Gasteiger partial charge is 0.458 e. The Morgan fingerprint density at radius 2 is 2.25 bits per heavy atom. The van der Waals surface area contributed by atoms with Crippen LogP contribution in [0.2, 0.25) is 0 Å². The van der Waals surface area contributed by atoms with Crippen LogP contribution in [-0.4, -0.2) is 12.6 Å². The van der Waals surface area contributed by atoms with Crippen molar-refractivity contribution in [3.8, 4) is 0 Å². The fourth-order valence-electron chi connectivity index (χ4n) is 1.15. The zero-order chi connectivity index (χ0) is 8.97. The van der Waals surface area contributed by atoms with Crippen molar-refractivity contribution in [1.29, 1.82) is 0 Å². The van der Waals surface area contributed by atoms with Crippen molar-refractivity contribution in [3.63, 3.8) is 0 Å². The first kappa shape index (κ1) is 9.04. The van der Waals surface area contributed by atoms with E-state index < -0.39 is 0 Å². The maximum atomic E-state index is 11.1. The van der Waals surface area contributed by atoms with E-state index in [1.165, 1.54) is 0 Å². The van der Waals surface area contributed by atoms with Gasteiger partial charge in [0, 0.05) is 5.57 Å². The molecular formula is C10H14O2. The van der Waals surface area contributed by atoms with Crippen LogP contribution in [-0.2, 0) is 9.53 Å². The summed E-state index contributed by atoms with van der Waals surface area (Å²) in [4.78, 5) is 11.1. The van der Waals surface area contributed by atoms with Gasteiger partial charge in [0.1, 0.15) is 6.61 Å². The molecule has 0 aromatic rings. The summed E-state index contributed by atoms with van der Waals surface area (Å²) in [7, 11) is 0. The van der Waals surface area contributed by atoms with Gasteiger partial charge in [0.25, 0.3) is 0 Å². The summed E-state index contributed by atoms with van der Waals surface area (Å²) in [5, 5.41) is 0. The number of rotatable bonds is 3.